The molecule has 0 aromatic carbocycles. The van der Waals surface area contributed by atoms with Gasteiger partial charge in [-0.1, -0.05) is 0 Å². The van der Waals surface area contributed by atoms with Crippen molar-refractivity contribution in [2.45, 2.75) is 57.3 Å². The first-order valence-corrected chi connectivity index (χ1v) is 4.81. The second-order valence-electron chi connectivity index (χ2n) is 5.07. The molecule has 3 rings (SSSR count). The molecule has 2 nitrogen and oxygen atoms in total. The van der Waals surface area contributed by atoms with Gasteiger partial charge in [0.1, 0.15) is 0 Å². The molecule has 0 aromatic heterocycles. The SMILES string of the molecule is CC1(C)O[C@]2(C)CCC1[C@@H](O)C2. The van der Waals surface area contributed by atoms with E-state index in [-0.39, 0.29) is 17.3 Å². The quantitative estimate of drug-likeness (QED) is 0.599. The van der Waals surface area contributed by atoms with Crippen molar-refractivity contribution < 1.29 is 9.84 Å². The van der Waals surface area contributed by atoms with Crippen LogP contribution < -0.4 is 0 Å². The minimum Gasteiger partial charge on any atom is -0.393 e. The highest BCUT2D eigenvalue weighted by atomic mass is 16.5. The van der Waals surface area contributed by atoms with Crippen molar-refractivity contribution in [2.75, 3.05) is 0 Å². The van der Waals surface area contributed by atoms with E-state index in [0.717, 1.165) is 19.3 Å². The third-order valence-electron chi connectivity index (χ3n) is 3.49. The molecule has 0 aromatic rings. The summed E-state index contributed by atoms with van der Waals surface area (Å²) in [6.07, 6.45) is 2.90. The highest BCUT2D eigenvalue weighted by molar-refractivity contribution is 5.02. The maximum absolute atomic E-state index is 9.82. The molecule has 12 heavy (non-hydrogen) atoms. The fourth-order valence-corrected chi connectivity index (χ4v) is 2.95. The van der Waals surface area contributed by atoms with E-state index in [0.29, 0.717) is 5.92 Å². The van der Waals surface area contributed by atoms with E-state index in [1.54, 1.807) is 0 Å². The van der Waals surface area contributed by atoms with Crippen LogP contribution in [0.5, 0.6) is 0 Å². The Balaban J connectivity index is 2.28. The summed E-state index contributed by atoms with van der Waals surface area (Å²) in [4.78, 5) is 0. The molecular weight excluding hydrogens is 152 g/mol. The molecule has 0 amide bonds. The highest BCUT2D eigenvalue weighted by Crippen LogP contribution is 2.49. The number of hydrogen-bond donors (Lipinski definition) is 1. The van der Waals surface area contributed by atoms with Gasteiger partial charge >= 0.3 is 0 Å². The van der Waals surface area contributed by atoms with Gasteiger partial charge in [-0.25, -0.2) is 0 Å². The topological polar surface area (TPSA) is 29.5 Å². The maximum Gasteiger partial charge on any atom is 0.0686 e. The number of ether oxygens (including phenoxy) is 1. The summed E-state index contributed by atoms with van der Waals surface area (Å²) in [5, 5.41) is 9.82. The van der Waals surface area contributed by atoms with Crippen molar-refractivity contribution in [2.24, 2.45) is 5.92 Å². The molecule has 3 fully saturated rings. The Hall–Kier alpha value is -0.0800. The summed E-state index contributed by atoms with van der Waals surface area (Å²) in [5.74, 6) is 0.347. The van der Waals surface area contributed by atoms with Crippen molar-refractivity contribution in [1.82, 2.24) is 0 Å². The molecule has 1 unspecified atom stereocenters. The number of rotatable bonds is 0. The van der Waals surface area contributed by atoms with Crippen LogP contribution in [0.2, 0.25) is 0 Å². The summed E-state index contributed by atoms with van der Waals surface area (Å²) < 4.78 is 5.97. The Morgan fingerprint density at radius 3 is 2.42 bits per heavy atom. The smallest absolute Gasteiger partial charge is 0.0686 e. The molecule has 2 bridgehead atoms. The minimum absolute atomic E-state index is 0.0579. The van der Waals surface area contributed by atoms with E-state index in [4.69, 9.17) is 4.74 Å². The summed E-state index contributed by atoms with van der Waals surface area (Å²) >= 11 is 0. The van der Waals surface area contributed by atoms with Gasteiger partial charge in [-0.15, -0.1) is 0 Å². The molecule has 2 aliphatic heterocycles. The van der Waals surface area contributed by atoms with Crippen LogP contribution in [0.4, 0.5) is 0 Å². The second kappa shape index (κ2) is 2.24. The van der Waals surface area contributed by atoms with Gasteiger partial charge in [0.05, 0.1) is 17.3 Å². The van der Waals surface area contributed by atoms with Gasteiger partial charge < -0.3 is 9.84 Å². The first-order chi connectivity index (χ1) is 5.43. The Morgan fingerprint density at radius 2 is 2.00 bits per heavy atom. The zero-order valence-corrected chi connectivity index (χ0v) is 8.13. The van der Waals surface area contributed by atoms with Crippen molar-refractivity contribution in [1.29, 1.82) is 0 Å². The molecule has 2 saturated heterocycles. The Morgan fingerprint density at radius 1 is 1.33 bits per heavy atom. The van der Waals surface area contributed by atoms with E-state index in [1.165, 1.54) is 0 Å². The Bertz CT molecular complexity index is 197. The zero-order chi connectivity index (χ0) is 8.98. The van der Waals surface area contributed by atoms with Crippen LogP contribution in [0.3, 0.4) is 0 Å². The van der Waals surface area contributed by atoms with Crippen LogP contribution in [0.25, 0.3) is 0 Å². The number of aliphatic hydroxyl groups is 1. The predicted molar refractivity (Wildman–Crippen MR) is 46.9 cm³/mol. The molecule has 3 atom stereocenters. The van der Waals surface area contributed by atoms with E-state index in [1.807, 2.05) is 0 Å². The molecule has 1 aliphatic carbocycles. The van der Waals surface area contributed by atoms with Crippen LogP contribution >= 0.6 is 0 Å². The molecule has 70 valence electrons. The average molecular weight is 170 g/mol. The molecule has 0 spiro atoms. The van der Waals surface area contributed by atoms with Crippen LogP contribution in [0, 0.1) is 5.92 Å². The average Bonchev–Trinajstić information content (AvgIpc) is 1.80. The summed E-state index contributed by atoms with van der Waals surface area (Å²) in [7, 11) is 0. The molecular formula is C10H18O2. The number of fused-ring (bicyclic) bond motifs is 3. The summed E-state index contributed by atoms with van der Waals surface area (Å²) in [6, 6.07) is 0. The molecule has 3 aliphatic rings. The van der Waals surface area contributed by atoms with Gasteiger partial charge in [0.15, 0.2) is 0 Å². The lowest BCUT2D eigenvalue weighted by atomic mass is 9.67. The molecule has 1 N–H and O–H groups in total. The van der Waals surface area contributed by atoms with Gasteiger partial charge in [-0.3, -0.25) is 0 Å². The molecule has 0 radical (unpaired) electrons. The minimum atomic E-state index is -0.146. The maximum atomic E-state index is 9.82. The van der Waals surface area contributed by atoms with E-state index in [9.17, 15) is 5.11 Å². The number of aliphatic hydroxyl groups excluding tert-OH is 1. The zero-order valence-electron chi connectivity index (χ0n) is 8.13. The van der Waals surface area contributed by atoms with Crippen molar-refractivity contribution in [3.8, 4) is 0 Å². The van der Waals surface area contributed by atoms with Gasteiger partial charge in [0.2, 0.25) is 0 Å². The number of hydrogen-bond acceptors (Lipinski definition) is 2. The highest BCUT2D eigenvalue weighted by Gasteiger charge is 2.52. The van der Waals surface area contributed by atoms with Crippen LogP contribution in [-0.2, 0) is 4.74 Å². The van der Waals surface area contributed by atoms with Gasteiger partial charge in [-0.05, 0) is 33.6 Å². The summed E-state index contributed by atoms with van der Waals surface area (Å²) in [6.45, 7) is 6.31. The standard InChI is InChI=1S/C10H18O2/c1-9(2)7-4-5-10(3,12-9)6-8(7)11/h7-8,11H,4-6H2,1-3H3/t7?,8-,10+/m0/s1. The molecule has 2 heteroatoms. The van der Waals surface area contributed by atoms with Crippen molar-refractivity contribution >= 4 is 0 Å². The fraction of sp³-hybridized carbons (Fsp3) is 1.00. The predicted octanol–water partition coefficient (Wildman–Crippen LogP) is 1.71. The fourth-order valence-electron chi connectivity index (χ4n) is 2.95. The van der Waals surface area contributed by atoms with Crippen molar-refractivity contribution in [3.63, 3.8) is 0 Å². The monoisotopic (exact) mass is 170 g/mol. The first kappa shape index (κ1) is 8.52. The first-order valence-electron chi connectivity index (χ1n) is 4.81. The lowest BCUT2D eigenvalue weighted by Gasteiger charge is -2.56. The molecule has 2 heterocycles. The van der Waals surface area contributed by atoms with E-state index >= 15 is 0 Å². The second-order valence-corrected chi connectivity index (χ2v) is 5.07. The molecule has 1 saturated carbocycles. The van der Waals surface area contributed by atoms with E-state index in [2.05, 4.69) is 20.8 Å². The Labute approximate surface area is 73.9 Å². The van der Waals surface area contributed by atoms with Crippen LogP contribution in [-0.4, -0.2) is 22.4 Å². The van der Waals surface area contributed by atoms with Gasteiger partial charge in [-0.2, -0.15) is 0 Å². The summed E-state index contributed by atoms with van der Waals surface area (Å²) in [5.41, 5.74) is -0.178. The van der Waals surface area contributed by atoms with Crippen LogP contribution in [0.1, 0.15) is 40.0 Å². The Kier molecular flexibility index (Phi) is 1.59. The lowest BCUT2D eigenvalue weighted by molar-refractivity contribution is -0.263. The lowest BCUT2D eigenvalue weighted by Crippen LogP contribution is -2.59. The van der Waals surface area contributed by atoms with Gasteiger partial charge in [0.25, 0.3) is 0 Å². The van der Waals surface area contributed by atoms with Crippen molar-refractivity contribution in [3.05, 3.63) is 0 Å². The van der Waals surface area contributed by atoms with Gasteiger partial charge in [0, 0.05) is 12.3 Å². The third-order valence-corrected chi connectivity index (χ3v) is 3.49. The third kappa shape index (κ3) is 1.09. The normalized spacial score (nSPS) is 51.0. The van der Waals surface area contributed by atoms with E-state index < -0.39 is 0 Å². The largest absolute Gasteiger partial charge is 0.393 e. The van der Waals surface area contributed by atoms with Crippen LogP contribution in [0.15, 0.2) is 0 Å².